The number of nitrogens with zero attached hydrogens (tertiary/aromatic N) is 2. The van der Waals surface area contributed by atoms with Crippen molar-refractivity contribution in [3.8, 4) is 0 Å². The zero-order chi connectivity index (χ0) is 17.2. The van der Waals surface area contributed by atoms with E-state index in [4.69, 9.17) is 0 Å². The van der Waals surface area contributed by atoms with Crippen molar-refractivity contribution >= 4 is 21.6 Å². The van der Waals surface area contributed by atoms with Crippen LogP contribution >= 0.6 is 0 Å². The molecule has 3 rings (SSSR count). The van der Waals surface area contributed by atoms with Crippen LogP contribution in [0.15, 0.2) is 47.6 Å². The van der Waals surface area contributed by atoms with E-state index in [1.165, 1.54) is 30.6 Å². The lowest BCUT2D eigenvalue weighted by Crippen LogP contribution is -2.28. The molecule has 0 bridgehead atoms. The largest absolute Gasteiger partial charge is 0.339 e. The molecule has 0 saturated carbocycles. The molecule has 1 amide bonds. The van der Waals surface area contributed by atoms with Crippen LogP contribution in [0.1, 0.15) is 23.2 Å². The van der Waals surface area contributed by atoms with Gasteiger partial charge >= 0.3 is 0 Å². The van der Waals surface area contributed by atoms with Gasteiger partial charge in [0.05, 0.1) is 22.3 Å². The fourth-order valence-electron chi connectivity index (χ4n) is 2.56. The standard InChI is InChI=1S/C16H16FN3O3S/c17-15-10-13(24(22,23)19-12-4-3-7-18-11-12)5-6-14(15)16(21)20-8-1-2-9-20/h3-7,10-11,19H,1-2,8-9H2. The third-order valence-corrected chi connectivity index (χ3v) is 5.17. The zero-order valence-electron chi connectivity index (χ0n) is 12.8. The number of rotatable bonds is 4. The van der Waals surface area contributed by atoms with Crippen molar-refractivity contribution in [1.29, 1.82) is 0 Å². The van der Waals surface area contributed by atoms with Crippen LogP contribution < -0.4 is 4.72 Å². The molecule has 0 unspecified atom stereocenters. The van der Waals surface area contributed by atoms with Gasteiger partial charge in [-0.25, -0.2) is 12.8 Å². The Morgan fingerprint density at radius 3 is 2.58 bits per heavy atom. The van der Waals surface area contributed by atoms with Crippen LogP contribution in [0.25, 0.3) is 0 Å². The maximum Gasteiger partial charge on any atom is 0.262 e. The SMILES string of the molecule is O=C(c1ccc(S(=O)(=O)Nc2cccnc2)cc1F)N1CCCC1. The van der Waals surface area contributed by atoms with E-state index in [1.54, 1.807) is 11.0 Å². The number of hydrogen-bond acceptors (Lipinski definition) is 4. The summed E-state index contributed by atoms with van der Waals surface area (Å²) >= 11 is 0. The predicted octanol–water partition coefficient (Wildman–Crippen LogP) is 2.26. The molecule has 6 nitrogen and oxygen atoms in total. The van der Waals surface area contributed by atoms with E-state index >= 15 is 0 Å². The molecule has 0 spiro atoms. The first-order valence-corrected chi connectivity index (χ1v) is 8.97. The van der Waals surface area contributed by atoms with Crippen LogP contribution in [0.4, 0.5) is 10.1 Å². The summed E-state index contributed by atoms with van der Waals surface area (Å²) < 4.78 is 41.2. The Bertz CT molecular complexity index is 850. The number of pyridine rings is 1. The van der Waals surface area contributed by atoms with Gasteiger partial charge in [0.15, 0.2) is 0 Å². The van der Waals surface area contributed by atoms with Gasteiger partial charge in [-0.05, 0) is 43.2 Å². The Labute approximate surface area is 139 Å². The minimum Gasteiger partial charge on any atom is -0.339 e. The van der Waals surface area contributed by atoms with Gasteiger partial charge in [0.1, 0.15) is 5.82 Å². The fourth-order valence-corrected chi connectivity index (χ4v) is 3.62. The molecule has 1 aromatic carbocycles. The van der Waals surface area contributed by atoms with Crippen molar-refractivity contribution in [2.24, 2.45) is 0 Å². The van der Waals surface area contributed by atoms with E-state index in [0.717, 1.165) is 18.9 Å². The second-order valence-electron chi connectivity index (χ2n) is 5.49. The summed E-state index contributed by atoms with van der Waals surface area (Å²) in [6.07, 6.45) is 4.65. The lowest BCUT2D eigenvalue weighted by atomic mass is 10.2. The number of carbonyl (C=O) groups is 1. The Morgan fingerprint density at radius 2 is 1.96 bits per heavy atom. The van der Waals surface area contributed by atoms with Gasteiger partial charge in [-0.15, -0.1) is 0 Å². The number of hydrogen-bond donors (Lipinski definition) is 1. The molecule has 1 N–H and O–H groups in total. The first kappa shape index (κ1) is 16.4. The van der Waals surface area contributed by atoms with Gasteiger partial charge in [0.25, 0.3) is 15.9 Å². The monoisotopic (exact) mass is 349 g/mol. The van der Waals surface area contributed by atoms with Crippen LogP contribution in [0, 0.1) is 5.82 Å². The molecule has 24 heavy (non-hydrogen) atoms. The number of halogens is 1. The molecular weight excluding hydrogens is 333 g/mol. The summed E-state index contributed by atoms with van der Waals surface area (Å²) in [4.78, 5) is 17.4. The average Bonchev–Trinajstić information content (AvgIpc) is 3.09. The summed E-state index contributed by atoms with van der Waals surface area (Å²) in [6.45, 7) is 1.20. The second-order valence-corrected chi connectivity index (χ2v) is 7.17. The molecule has 2 aromatic rings. The molecule has 2 heterocycles. The van der Waals surface area contributed by atoms with Gasteiger partial charge in [-0.3, -0.25) is 14.5 Å². The second kappa shape index (κ2) is 6.56. The highest BCUT2D eigenvalue weighted by Crippen LogP contribution is 2.20. The number of likely N-dealkylation sites (tertiary alicyclic amines) is 1. The van der Waals surface area contributed by atoms with E-state index < -0.39 is 21.7 Å². The van der Waals surface area contributed by atoms with Crippen LogP contribution in [-0.4, -0.2) is 37.3 Å². The summed E-state index contributed by atoms with van der Waals surface area (Å²) in [7, 11) is -3.95. The lowest BCUT2D eigenvalue weighted by Gasteiger charge is -2.16. The molecule has 126 valence electrons. The molecular formula is C16H16FN3O3S. The van der Waals surface area contributed by atoms with E-state index in [0.29, 0.717) is 13.1 Å². The number of carbonyl (C=O) groups excluding carboxylic acids is 1. The third-order valence-electron chi connectivity index (χ3n) is 3.79. The normalized spacial score (nSPS) is 14.6. The van der Waals surface area contributed by atoms with Crippen molar-refractivity contribution in [2.75, 3.05) is 17.8 Å². The smallest absolute Gasteiger partial charge is 0.262 e. The predicted molar refractivity (Wildman–Crippen MR) is 86.6 cm³/mol. The maximum absolute atomic E-state index is 14.3. The Kier molecular flexibility index (Phi) is 4.48. The average molecular weight is 349 g/mol. The highest BCUT2D eigenvalue weighted by molar-refractivity contribution is 7.92. The molecule has 1 aromatic heterocycles. The van der Waals surface area contributed by atoms with Crippen LogP contribution in [0.3, 0.4) is 0 Å². The van der Waals surface area contributed by atoms with Crippen molar-refractivity contribution in [1.82, 2.24) is 9.88 Å². The van der Waals surface area contributed by atoms with Crippen molar-refractivity contribution < 1.29 is 17.6 Å². The van der Waals surface area contributed by atoms with E-state index in [-0.39, 0.29) is 16.1 Å². The molecule has 0 atom stereocenters. The summed E-state index contributed by atoms with van der Waals surface area (Å²) in [5.41, 5.74) is 0.160. The first-order chi connectivity index (χ1) is 11.5. The van der Waals surface area contributed by atoms with Gasteiger partial charge in [-0.2, -0.15) is 0 Å². The first-order valence-electron chi connectivity index (χ1n) is 7.49. The van der Waals surface area contributed by atoms with Crippen molar-refractivity contribution in [3.63, 3.8) is 0 Å². The highest BCUT2D eigenvalue weighted by Gasteiger charge is 2.24. The zero-order valence-corrected chi connectivity index (χ0v) is 13.6. The Morgan fingerprint density at radius 1 is 1.21 bits per heavy atom. The van der Waals surface area contributed by atoms with E-state index in [9.17, 15) is 17.6 Å². The molecule has 8 heteroatoms. The molecule has 0 radical (unpaired) electrons. The Balaban J connectivity index is 1.84. The lowest BCUT2D eigenvalue weighted by molar-refractivity contribution is 0.0788. The van der Waals surface area contributed by atoms with Crippen LogP contribution in [0.2, 0.25) is 0 Å². The minimum atomic E-state index is -3.95. The topological polar surface area (TPSA) is 79.4 Å². The number of anilines is 1. The summed E-state index contributed by atoms with van der Waals surface area (Å²) in [5, 5.41) is 0. The number of sulfonamides is 1. The molecule has 1 aliphatic rings. The highest BCUT2D eigenvalue weighted by atomic mass is 32.2. The number of nitrogens with one attached hydrogen (secondary N) is 1. The summed E-state index contributed by atoms with van der Waals surface area (Å²) in [6, 6.07) is 6.42. The molecule has 1 fully saturated rings. The minimum absolute atomic E-state index is 0.114. The molecule has 0 aliphatic carbocycles. The maximum atomic E-state index is 14.3. The van der Waals surface area contributed by atoms with Crippen molar-refractivity contribution in [3.05, 3.63) is 54.1 Å². The van der Waals surface area contributed by atoms with Gasteiger partial charge in [-0.1, -0.05) is 0 Å². The third kappa shape index (κ3) is 3.38. The molecule has 1 aliphatic heterocycles. The van der Waals surface area contributed by atoms with Gasteiger partial charge in [0, 0.05) is 19.3 Å². The quantitative estimate of drug-likeness (QED) is 0.918. The van der Waals surface area contributed by atoms with Crippen LogP contribution in [-0.2, 0) is 10.0 Å². The number of benzene rings is 1. The van der Waals surface area contributed by atoms with Crippen molar-refractivity contribution in [2.45, 2.75) is 17.7 Å². The van der Waals surface area contributed by atoms with Crippen LogP contribution in [0.5, 0.6) is 0 Å². The fraction of sp³-hybridized carbons (Fsp3) is 0.250. The Hall–Kier alpha value is -2.48. The number of aromatic nitrogens is 1. The number of amides is 1. The summed E-state index contributed by atoms with van der Waals surface area (Å²) in [5.74, 6) is -1.25. The van der Waals surface area contributed by atoms with Gasteiger partial charge < -0.3 is 4.90 Å². The van der Waals surface area contributed by atoms with E-state index in [2.05, 4.69) is 9.71 Å². The van der Waals surface area contributed by atoms with E-state index in [1.807, 2.05) is 0 Å². The van der Waals surface area contributed by atoms with Gasteiger partial charge in [0.2, 0.25) is 0 Å². The molecule has 1 saturated heterocycles.